The van der Waals surface area contributed by atoms with Gasteiger partial charge >= 0.3 is 5.97 Å². The summed E-state index contributed by atoms with van der Waals surface area (Å²) in [6.07, 6.45) is 0. The molecule has 0 atom stereocenters. The van der Waals surface area contributed by atoms with Crippen LogP contribution in [0.25, 0.3) is 0 Å². The minimum Gasteiger partial charge on any atom is -0.481 e. The predicted octanol–water partition coefficient (Wildman–Crippen LogP) is 2.56. The van der Waals surface area contributed by atoms with Gasteiger partial charge in [-0.3, -0.25) is 4.79 Å². The van der Waals surface area contributed by atoms with Crippen LogP contribution >= 0.6 is 23.1 Å². The summed E-state index contributed by atoms with van der Waals surface area (Å²) in [4.78, 5) is 10.5. The summed E-state index contributed by atoms with van der Waals surface area (Å²) in [6, 6.07) is 0.385. The average Bonchev–Trinajstić information content (AvgIpc) is 2.65. The van der Waals surface area contributed by atoms with E-state index in [0.29, 0.717) is 10.4 Å². The standard InChI is InChI=1S/C11H17N3O2S2/c1-10(2)7(11(10,3)4)12-8-13-14-9(18-8)17-5-6(15)16/h7H,5H2,1-4H3,(H,12,13)(H,15,16). The van der Waals surface area contributed by atoms with Crippen molar-refractivity contribution in [1.29, 1.82) is 0 Å². The van der Waals surface area contributed by atoms with E-state index in [2.05, 4.69) is 43.2 Å². The van der Waals surface area contributed by atoms with Crippen molar-refractivity contribution in [3.8, 4) is 0 Å². The molecule has 1 aliphatic carbocycles. The molecule has 100 valence electrons. The molecule has 0 bridgehead atoms. The first kappa shape index (κ1) is 13.6. The number of nitrogens with one attached hydrogen (secondary N) is 1. The summed E-state index contributed by atoms with van der Waals surface area (Å²) < 4.78 is 0.691. The van der Waals surface area contributed by atoms with E-state index in [-0.39, 0.29) is 16.6 Å². The maximum atomic E-state index is 10.5. The van der Waals surface area contributed by atoms with E-state index in [0.717, 1.165) is 5.13 Å². The fourth-order valence-corrected chi connectivity index (χ4v) is 3.63. The van der Waals surface area contributed by atoms with Gasteiger partial charge in [-0.25, -0.2) is 0 Å². The maximum absolute atomic E-state index is 10.5. The molecule has 5 nitrogen and oxygen atoms in total. The van der Waals surface area contributed by atoms with Gasteiger partial charge in [-0.05, 0) is 10.8 Å². The Bertz CT molecular complexity index is 457. The lowest BCUT2D eigenvalue weighted by Gasteiger charge is -2.02. The Balaban J connectivity index is 1.94. The Morgan fingerprint density at radius 2 is 2.00 bits per heavy atom. The van der Waals surface area contributed by atoms with Crippen molar-refractivity contribution in [2.75, 3.05) is 11.1 Å². The number of hydrogen-bond acceptors (Lipinski definition) is 6. The second kappa shape index (κ2) is 4.38. The molecular formula is C11H17N3O2S2. The topological polar surface area (TPSA) is 75.1 Å². The van der Waals surface area contributed by atoms with Crippen LogP contribution in [0.3, 0.4) is 0 Å². The summed E-state index contributed by atoms with van der Waals surface area (Å²) in [5.74, 6) is -0.816. The fourth-order valence-electron chi connectivity index (χ4n) is 2.13. The molecule has 18 heavy (non-hydrogen) atoms. The number of hydrogen-bond donors (Lipinski definition) is 2. The van der Waals surface area contributed by atoms with Gasteiger partial charge in [0.2, 0.25) is 5.13 Å². The Kier molecular flexibility index (Phi) is 3.31. The van der Waals surface area contributed by atoms with Crippen molar-refractivity contribution in [3.63, 3.8) is 0 Å². The minimum absolute atomic E-state index is 0.0229. The molecule has 2 rings (SSSR count). The van der Waals surface area contributed by atoms with Crippen molar-refractivity contribution in [3.05, 3.63) is 0 Å². The molecule has 0 unspecified atom stereocenters. The van der Waals surface area contributed by atoms with Crippen LogP contribution in [0.4, 0.5) is 5.13 Å². The van der Waals surface area contributed by atoms with E-state index in [1.54, 1.807) is 0 Å². The molecule has 0 saturated heterocycles. The quantitative estimate of drug-likeness (QED) is 0.811. The number of rotatable bonds is 5. The first-order valence-corrected chi connectivity index (χ1v) is 7.50. The van der Waals surface area contributed by atoms with Crippen LogP contribution in [-0.2, 0) is 4.79 Å². The van der Waals surface area contributed by atoms with Gasteiger partial charge in [-0.1, -0.05) is 50.8 Å². The molecular weight excluding hydrogens is 270 g/mol. The third-order valence-electron chi connectivity index (χ3n) is 4.01. The van der Waals surface area contributed by atoms with Gasteiger partial charge in [0.25, 0.3) is 0 Å². The van der Waals surface area contributed by atoms with Crippen molar-refractivity contribution in [1.82, 2.24) is 10.2 Å². The second-order valence-corrected chi connectivity index (χ2v) is 7.78. The smallest absolute Gasteiger partial charge is 0.313 e. The van der Waals surface area contributed by atoms with E-state index in [4.69, 9.17) is 5.11 Å². The highest BCUT2D eigenvalue weighted by Crippen LogP contribution is 2.63. The van der Waals surface area contributed by atoms with E-state index in [1.165, 1.54) is 23.1 Å². The molecule has 0 amide bonds. The highest BCUT2D eigenvalue weighted by atomic mass is 32.2. The van der Waals surface area contributed by atoms with Crippen LogP contribution in [0.2, 0.25) is 0 Å². The van der Waals surface area contributed by atoms with Gasteiger partial charge < -0.3 is 10.4 Å². The highest BCUT2D eigenvalue weighted by molar-refractivity contribution is 8.01. The van der Waals surface area contributed by atoms with Crippen LogP contribution in [0, 0.1) is 10.8 Å². The Morgan fingerprint density at radius 1 is 1.39 bits per heavy atom. The third-order valence-corrected chi connectivity index (χ3v) is 5.99. The Morgan fingerprint density at radius 3 is 2.50 bits per heavy atom. The van der Waals surface area contributed by atoms with Gasteiger partial charge in [0.15, 0.2) is 4.34 Å². The molecule has 0 radical (unpaired) electrons. The molecule has 0 aliphatic heterocycles. The number of carboxylic acids is 1. The summed E-state index contributed by atoms with van der Waals surface area (Å²) in [5.41, 5.74) is 0.486. The lowest BCUT2D eigenvalue weighted by atomic mass is 10.0. The first-order valence-electron chi connectivity index (χ1n) is 5.70. The second-order valence-electron chi connectivity index (χ2n) is 5.58. The number of anilines is 1. The van der Waals surface area contributed by atoms with Crippen LogP contribution in [0.5, 0.6) is 0 Å². The first-order chi connectivity index (χ1) is 8.25. The number of thioether (sulfide) groups is 1. The number of aliphatic carboxylic acids is 1. The molecule has 1 aromatic rings. The molecule has 2 N–H and O–H groups in total. The van der Waals surface area contributed by atoms with E-state index in [9.17, 15) is 4.79 Å². The summed E-state index contributed by atoms with van der Waals surface area (Å²) in [5, 5.41) is 20.8. The normalized spacial score (nSPS) is 20.7. The van der Waals surface area contributed by atoms with Crippen molar-refractivity contribution < 1.29 is 9.90 Å². The summed E-state index contributed by atoms with van der Waals surface area (Å²) >= 11 is 2.61. The van der Waals surface area contributed by atoms with Crippen molar-refractivity contribution in [2.45, 2.75) is 38.1 Å². The molecule has 1 aromatic heterocycles. The van der Waals surface area contributed by atoms with Crippen LogP contribution in [0.1, 0.15) is 27.7 Å². The molecule has 0 aromatic carbocycles. The minimum atomic E-state index is -0.839. The number of carbonyl (C=O) groups is 1. The molecule has 0 spiro atoms. The van der Waals surface area contributed by atoms with E-state index >= 15 is 0 Å². The van der Waals surface area contributed by atoms with Gasteiger partial charge in [0.1, 0.15) is 0 Å². The van der Waals surface area contributed by atoms with Crippen LogP contribution in [0.15, 0.2) is 4.34 Å². The van der Waals surface area contributed by atoms with Gasteiger partial charge in [0.05, 0.1) is 5.75 Å². The SMILES string of the molecule is CC1(C)C(Nc2nnc(SCC(=O)O)s2)C1(C)C. The molecule has 1 heterocycles. The molecule has 1 saturated carbocycles. The van der Waals surface area contributed by atoms with E-state index < -0.39 is 5.97 Å². The zero-order valence-electron chi connectivity index (χ0n) is 10.9. The predicted molar refractivity (Wildman–Crippen MR) is 73.2 cm³/mol. The van der Waals surface area contributed by atoms with E-state index in [1.807, 2.05) is 0 Å². The average molecular weight is 287 g/mol. The zero-order valence-corrected chi connectivity index (χ0v) is 12.5. The highest BCUT2D eigenvalue weighted by Gasteiger charge is 2.65. The Labute approximate surface area is 114 Å². The Hall–Kier alpha value is -0.820. The lowest BCUT2D eigenvalue weighted by molar-refractivity contribution is -0.133. The van der Waals surface area contributed by atoms with Gasteiger partial charge in [0, 0.05) is 6.04 Å². The van der Waals surface area contributed by atoms with Crippen molar-refractivity contribution in [2.24, 2.45) is 10.8 Å². The number of carboxylic acid groups (broad SMARTS) is 1. The zero-order chi connectivity index (χ0) is 13.6. The number of aromatic nitrogens is 2. The molecule has 1 aliphatic rings. The van der Waals surface area contributed by atoms with Gasteiger partial charge in [-0.15, -0.1) is 10.2 Å². The maximum Gasteiger partial charge on any atom is 0.313 e. The summed E-state index contributed by atoms with van der Waals surface area (Å²) in [7, 11) is 0. The molecule has 7 heteroatoms. The lowest BCUT2D eigenvalue weighted by Crippen LogP contribution is -2.09. The third kappa shape index (κ3) is 2.33. The van der Waals surface area contributed by atoms with Crippen LogP contribution in [-0.4, -0.2) is 33.1 Å². The van der Waals surface area contributed by atoms with Gasteiger partial charge in [-0.2, -0.15) is 0 Å². The monoisotopic (exact) mass is 287 g/mol. The fraction of sp³-hybridized carbons (Fsp3) is 0.727. The summed E-state index contributed by atoms with van der Waals surface area (Å²) in [6.45, 7) is 8.91. The molecule has 1 fully saturated rings. The number of nitrogens with zero attached hydrogens (tertiary/aromatic N) is 2. The largest absolute Gasteiger partial charge is 0.481 e. The van der Waals surface area contributed by atoms with Crippen LogP contribution < -0.4 is 5.32 Å². The van der Waals surface area contributed by atoms with Crippen molar-refractivity contribution >= 4 is 34.2 Å².